The van der Waals surface area contributed by atoms with Crippen LogP contribution >= 0.6 is 34.7 Å². The van der Waals surface area contributed by atoms with Crippen LogP contribution in [0.25, 0.3) is 0 Å². The molecule has 80 valence electrons. The predicted molar refractivity (Wildman–Crippen MR) is 48.5 cm³/mol. The first-order chi connectivity index (χ1) is 5.66. The van der Waals surface area contributed by atoms with Crippen LogP contribution in [0.2, 0.25) is 0 Å². The molecular formula is H9AlO8P4. The van der Waals surface area contributed by atoms with Gasteiger partial charge < -0.3 is 37.8 Å². The van der Waals surface area contributed by atoms with Crippen molar-refractivity contribution in [1.29, 1.82) is 0 Å². The normalized spacial score (nSPS) is 8.92. The Morgan fingerprint density at radius 2 is 0.615 bits per heavy atom. The first-order valence-corrected chi connectivity index (χ1v) is 5.66. The van der Waals surface area contributed by atoms with Crippen LogP contribution in [-0.2, 0) is 18.3 Å². The minimum absolute atomic E-state index is 0. The standard InChI is InChI=1S/Al.4H3O2P/c;4*1-3-2/h;4*3H2,(H,1,2)/q+3;;;;/p-3. The van der Waals surface area contributed by atoms with E-state index in [1.807, 2.05) is 0 Å². The van der Waals surface area contributed by atoms with Gasteiger partial charge in [-0.2, -0.15) is 0 Å². The van der Waals surface area contributed by atoms with E-state index in [-0.39, 0.29) is 18.8 Å². The van der Waals surface area contributed by atoms with Crippen molar-refractivity contribution in [2.45, 2.75) is 0 Å². The van der Waals surface area contributed by atoms with E-state index in [2.05, 4.69) is 0 Å². The Labute approximate surface area is 91.8 Å². The van der Waals surface area contributed by atoms with Crippen molar-refractivity contribution in [1.82, 2.24) is 0 Å². The fourth-order valence-electron chi connectivity index (χ4n) is 0. The number of hydrogen-bond acceptors (Lipinski definition) is 8. The van der Waals surface area contributed by atoms with Gasteiger partial charge in [-0.25, -0.2) is 0 Å². The van der Waals surface area contributed by atoms with Crippen molar-refractivity contribution < 1.29 is 39.3 Å². The van der Waals surface area contributed by atoms with E-state index < -0.39 is 34.7 Å². The molecule has 0 N–H and O–H groups in total. The van der Waals surface area contributed by atoms with Gasteiger partial charge in [0.1, 0.15) is 0 Å². The fraction of sp³-hybridized carbons (Fsp3) is 0. The van der Waals surface area contributed by atoms with Crippen LogP contribution in [0.15, 0.2) is 0 Å². The van der Waals surface area contributed by atoms with Crippen molar-refractivity contribution in [3.63, 3.8) is 0 Å². The molecule has 4 unspecified atom stereocenters. The molecule has 0 aliphatic rings. The van der Waals surface area contributed by atoms with Crippen LogP contribution in [0.5, 0.6) is 0 Å². The topological polar surface area (TPSA) is 161 Å². The second kappa shape index (κ2) is 71.7. The monoisotopic (exact) mass is 288 g/mol. The van der Waals surface area contributed by atoms with E-state index in [1.165, 1.54) is 0 Å². The molecule has 13 heavy (non-hydrogen) atoms. The zero-order valence-corrected chi connectivity index (χ0v) is 11.9. The van der Waals surface area contributed by atoms with Gasteiger partial charge in [0.05, 0.1) is 0 Å². The van der Waals surface area contributed by atoms with Gasteiger partial charge in [-0.3, -0.25) is 0 Å². The van der Waals surface area contributed by atoms with Gasteiger partial charge in [-0.1, -0.05) is 0 Å². The summed E-state index contributed by atoms with van der Waals surface area (Å²) in [4.78, 5) is 33.8. The average molecular weight is 288 g/mol. The third-order valence-corrected chi connectivity index (χ3v) is 0. The predicted octanol–water partition coefficient (Wildman–Crippen LogP) is -4.20. The molecule has 13 heteroatoms. The number of hydrogen-bond donors (Lipinski definition) is 0. The molecule has 0 radical (unpaired) electrons. The van der Waals surface area contributed by atoms with Gasteiger partial charge in [-0.05, 0) is 34.7 Å². The second-order valence-electron chi connectivity index (χ2n) is 0.385. The third-order valence-electron chi connectivity index (χ3n) is 0. The summed E-state index contributed by atoms with van der Waals surface area (Å²) in [6.07, 6.45) is 0. The van der Waals surface area contributed by atoms with Crippen molar-refractivity contribution in [2.24, 2.45) is 0 Å². The van der Waals surface area contributed by atoms with Crippen LogP contribution in [0, 0.1) is 0 Å². The maximum atomic E-state index is 8.46. The van der Waals surface area contributed by atoms with Gasteiger partial charge in [0.25, 0.3) is 0 Å². The summed E-state index contributed by atoms with van der Waals surface area (Å²) in [5, 5.41) is 0. The van der Waals surface area contributed by atoms with Gasteiger partial charge in [0.15, 0.2) is 0 Å². The Morgan fingerprint density at radius 1 is 0.615 bits per heavy atom. The van der Waals surface area contributed by atoms with E-state index in [1.54, 1.807) is 0 Å². The molecule has 0 heterocycles. The maximum Gasteiger partial charge on any atom is 3.00 e. The molecule has 0 aromatic carbocycles. The largest absolute Gasteiger partial charge is 3.00 e. The quantitative estimate of drug-likeness (QED) is 0.320. The molecule has 0 fully saturated rings. The van der Waals surface area contributed by atoms with Crippen LogP contribution in [-0.4, -0.2) is 17.4 Å². The molecule has 0 aromatic heterocycles. The first kappa shape index (κ1) is 29.2. The molecule has 4 atom stereocenters. The first-order valence-electron chi connectivity index (χ1n) is 1.89. The molecule has 0 aliphatic heterocycles. The molecule has 0 rings (SSSR count). The SMILES string of the molecule is O=[PH2][O-].O=[PH2][O-].O=[PH2][O-].O=[PH2][O-].[Al+3].[H+]. The number of rotatable bonds is 0. The summed E-state index contributed by atoms with van der Waals surface area (Å²) in [6, 6.07) is 0. The summed E-state index contributed by atoms with van der Waals surface area (Å²) in [7, 11) is -7.00. The van der Waals surface area contributed by atoms with Gasteiger partial charge >= 0.3 is 18.8 Å². The minimum Gasteiger partial charge on any atom is -0.804 e. The van der Waals surface area contributed by atoms with E-state index in [9.17, 15) is 0 Å². The Hall–Kier alpha value is 1.29. The van der Waals surface area contributed by atoms with Gasteiger partial charge in [0.2, 0.25) is 0 Å². The molecule has 0 saturated carbocycles. The van der Waals surface area contributed by atoms with Crippen LogP contribution in [0.1, 0.15) is 1.43 Å². The second-order valence-corrected chi connectivity index (χ2v) is 1.15. The average Bonchev–Trinajstić information content (AvgIpc) is 1.92. The minimum atomic E-state index is -1.75. The van der Waals surface area contributed by atoms with Crippen molar-refractivity contribution in [3.8, 4) is 0 Å². The Balaban J connectivity index is -0.0000000145. The van der Waals surface area contributed by atoms with Crippen LogP contribution < -0.4 is 19.6 Å². The summed E-state index contributed by atoms with van der Waals surface area (Å²) in [5.74, 6) is 0. The van der Waals surface area contributed by atoms with Crippen molar-refractivity contribution in [3.05, 3.63) is 0 Å². The van der Waals surface area contributed by atoms with E-state index in [4.69, 9.17) is 37.8 Å². The summed E-state index contributed by atoms with van der Waals surface area (Å²) < 4.78 is 33.8. The molecule has 0 bridgehead atoms. The van der Waals surface area contributed by atoms with E-state index in [0.29, 0.717) is 0 Å². The van der Waals surface area contributed by atoms with Crippen LogP contribution in [0.3, 0.4) is 0 Å². The zero-order chi connectivity index (χ0) is 10.8. The van der Waals surface area contributed by atoms with E-state index >= 15 is 0 Å². The van der Waals surface area contributed by atoms with Crippen molar-refractivity contribution >= 4 is 52.1 Å². The fourth-order valence-corrected chi connectivity index (χ4v) is 0. The molecule has 0 saturated heterocycles. The Bertz CT molecular complexity index is 75.3. The van der Waals surface area contributed by atoms with Crippen LogP contribution in [0.4, 0.5) is 0 Å². The Morgan fingerprint density at radius 3 is 0.615 bits per heavy atom. The molecule has 0 aromatic rings. The zero-order valence-electron chi connectivity index (χ0n) is 7.15. The summed E-state index contributed by atoms with van der Waals surface area (Å²) >= 11 is 0. The van der Waals surface area contributed by atoms with Gasteiger partial charge in [0, 0.05) is 0 Å². The Kier molecular flexibility index (Phi) is 161. The molecule has 0 aliphatic carbocycles. The molecule has 0 spiro atoms. The summed E-state index contributed by atoms with van der Waals surface area (Å²) in [5.41, 5.74) is 0. The van der Waals surface area contributed by atoms with Gasteiger partial charge in [-0.15, -0.1) is 0 Å². The summed E-state index contributed by atoms with van der Waals surface area (Å²) in [6.45, 7) is 0. The maximum absolute atomic E-state index is 8.46. The smallest absolute Gasteiger partial charge is 0.804 e. The molecular weight excluding hydrogens is 279 g/mol. The molecule has 8 nitrogen and oxygen atoms in total. The molecule has 0 amide bonds. The van der Waals surface area contributed by atoms with E-state index in [0.717, 1.165) is 0 Å². The van der Waals surface area contributed by atoms with Crippen molar-refractivity contribution in [2.75, 3.05) is 0 Å². The third kappa shape index (κ3) is 1010.